The number of pyridine rings is 1. The number of rotatable bonds is 11. The van der Waals surface area contributed by atoms with Crippen molar-refractivity contribution in [2.24, 2.45) is 11.7 Å². The number of ether oxygens (including phenoxy) is 1. The predicted molar refractivity (Wildman–Crippen MR) is 142 cm³/mol. The van der Waals surface area contributed by atoms with Crippen LogP contribution >= 0.6 is 11.6 Å². The van der Waals surface area contributed by atoms with Crippen molar-refractivity contribution in [3.8, 4) is 17.4 Å². The fourth-order valence-corrected chi connectivity index (χ4v) is 5.46. The van der Waals surface area contributed by atoms with Crippen molar-refractivity contribution in [1.29, 1.82) is 0 Å². The van der Waals surface area contributed by atoms with E-state index in [4.69, 9.17) is 22.1 Å². The molecule has 4 rings (SSSR count). The van der Waals surface area contributed by atoms with Crippen molar-refractivity contribution in [1.82, 2.24) is 29.7 Å². The molecule has 0 spiro atoms. The van der Waals surface area contributed by atoms with Gasteiger partial charge in [-0.1, -0.05) is 24.6 Å². The first-order valence-corrected chi connectivity index (χ1v) is 13.9. The topological polar surface area (TPSA) is 168 Å². The average molecular weight is 561 g/mol. The van der Waals surface area contributed by atoms with Crippen molar-refractivity contribution in [2.75, 3.05) is 11.8 Å². The maximum atomic E-state index is 13.5. The smallest absolute Gasteiger partial charge is 0.239 e. The molecule has 0 amide bonds. The molecule has 0 unspecified atom stereocenters. The number of hydrogen-bond donors (Lipinski definition) is 2. The maximum Gasteiger partial charge on any atom is 0.239 e. The molecule has 1 fully saturated rings. The summed E-state index contributed by atoms with van der Waals surface area (Å²) in [7, 11) is -2.55. The van der Waals surface area contributed by atoms with Crippen LogP contribution in [0.3, 0.4) is 0 Å². The highest BCUT2D eigenvalue weighted by Gasteiger charge is 2.40. The summed E-state index contributed by atoms with van der Waals surface area (Å²) in [5, 5.41) is 7.85. The molecule has 1 aliphatic carbocycles. The van der Waals surface area contributed by atoms with Gasteiger partial charge in [0.2, 0.25) is 21.9 Å². The van der Waals surface area contributed by atoms with Crippen LogP contribution in [-0.4, -0.2) is 56.8 Å². The third-order valence-corrected chi connectivity index (χ3v) is 8.63. The van der Waals surface area contributed by atoms with Crippen molar-refractivity contribution in [2.45, 2.75) is 50.8 Å². The molecule has 0 radical (unpaired) electrons. The number of carbonyl (C=O) groups excluding carboxylic acids is 1. The van der Waals surface area contributed by atoms with Crippen molar-refractivity contribution in [3.05, 3.63) is 52.7 Å². The molecule has 3 aromatic rings. The van der Waals surface area contributed by atoms with E-state index in [1.165, 1.54) is 19.5 Å². The molecule has 1 aliphatic rings. The van der Waals surface area contributed by atoms with Gasteiger partial charge in [0.25, 0.3) is 0 Å². The number of hydrogen-bond acceptors (Lipinski definition) is 10. The molecular formula is C24H29ClN8O4S. The van der Waals surface area contributed by atoms with Gasteiger partial charge in [0, 0.05) is 35.6 Å². The average Bonchev–Trinajstić information content (AvgIpc) is 3.66. The zero-order valence-corrected chi connectivity index (χ0v) is 22.9. The van der Waals surface area contributed by atoms with E-state index in [1.807, 2.05) is 0 Å². The number of nitrogens with zero attached hydrogens (tertiary/aromatic N) is 6. The Labute approximate surface area is 225 Å². The Morgan fingerprint density at radius 2 is 1.92 bits per heavy atom. The highest BCUT2D eigenvalue weighted by molar-refractivity contribution is 7.93. The second kappa shape index (κ2) is 11.0. The molecule has 38 heavy (non-hydrogen) atoms. The van der Waals surface area contributed by atoms with Gasteiger partial charge in [-0.3, -0.25) is 14.1 Å². The van der Waals surface area contributed by atoms with Crippen LogP contribution in [0.1, 0.15) is 51.4 Å². The lowest BCUT2D eigenvalue weighted by Crippen LogP contribution is -2.32. The van der Waals surface area contributed by atoms with Gasteiger partial charge in [0.15, 0.2) is 5.82 Å². The summed E-state index contributed by atoms with van der Waals surface area (Å²) in [6.07, 6.45) is 5.18. The molecule has 3 heterocycles. The minimum atomic E-state index is -4.03. The maximum absolute atomic E-state index is 13.5. The third-order valence-electron chi connectivity index (χ3n) is 6.58. The molecule has 3 aromatic heterocycles. The summed E-state index contributed by atoms with van der Waals surface area (Å²) in [5.74, 6) is 0.344. The Hall–Kier alpha value is -3.58. The lowest BCUT2D eigenvalue weighted by molar-refractivity contribution is -0.105. The van der Waals surface area contributed by atoms with Gasteiger partial charge >= 0.3 is 0 Å². The van der Waals surface area contributed by atoms with Crippen molar-refractivity contribution < 1.29 is 17.9 Å². The molecule has 202 valence electrons. The summed E-state index contributed by atoms with van der Waals surface area (Å²) in [5.41, 5.74) is 7.14. The molecule has 0 aliphatic heterocycles. The minimum Gasteiger partial charge on any atom is -0.481 e. The summed E-state index contributed by atoms with van der Waals surface area (Å²) in [6, 6.07) is 4.51. The Bertz CT molecular complexity index is 1450. The van der Waals surface area contributed by atoms with Crippen LogP contribution in [0, 0.1) is 5.92 Å². The fourth-order valence-electron chi connectivity index (χ4n) is 4.12. The molecular weight excluding hydrogens is 532 g/mol. The van der Waals surface area contributed by atoms with E-state index in [-0.39, 0.29) is 17.7 Å². The molecule has 0 bridgehead atoms. The van der Waals surface area contributed by atoms with E-state index in [2.05, 4.69) is 29.9 Å². The van der Waals surface area contributed by atoms with Crippen LogP contribution < -0.4 is 15.2 Å². The van der Waals surface area contributed by atoms with Gasteiger partial charge in [0.05, 0.1) is 23.4 Å². The molecule has 14 heteroatoms. The number of methoxy groups -OCH3 is 1. The summed E-state index contributed by atoms with van der Waals surface area (Å²) >= 11 is 5.88. The number of sulfonamides is 1. The lowest BCUT2D eigenvalue weighted by atomic mass is 10.0. The van der Waals surface area contributed by atoms with E-state index in [0.717, 1.165) is 12.8 Å². The number of allylic oxidation sites excluding steroid dienone is 2. The van der Waals surface area contributed by atoms with Crippen molar-refractivity contribution >= 4 is 33.9 Å². The van der Waals surface area contributed by atoms with E-state index >= 15 is 0 Å². The lowest BCUT2D eigenvalue weighted by Gasteiger charge is -2.25. The first kappa shape index (κ1) is 27.5. The number of halogens is 1. The molecule has 3 atom stereocenters. The van der Waals surface area contributed by atoms with Gasteiger partial charge in [-0.2, -0.15) is 0 Å². The number of aldehydes is 1. The number of nitrogens with one attached hydrogen (secondary N) is 1. The van der Waals surface area contributed by atoms with E-state index in [1.54, 1.807) is 43.5 Å². The third kappa shape index (κ3) is 5.63. The fraction of sp³-hybridized carbons (Fsp3) is 0.417. The second-order valence-corrected chi connectivity index (χ2v) is 11.7. The Balaban J connectivity index is 1.80. The normalized spacial score (nSPS) is 16.8. The summed E-state index contributed by atoms with van der Waals surface area (Å²) < 4.78 is 36.5. The predicted octanol–water partition coefficient (Wildman–Crippen LogP) is 3.11. The molecule has 3 N–H and O–H groups in total. The second-order valence-electron chi connectivity index (χ2n) is 9.22. The largest absolute Gasteiger partial charge is 0.481 e. The van der Waals surface area contributed by atoms with Gasteiger partial charge in [-0.05, 0) is 38.7 Å². The quantitative estimate of drug-likeness (QED) is 0.262. The highest BCUT2D eigenvalue weighted by Crippen LogP contribution is 2.46. The highest BCUT2D eigenvalue weighted by atomic mass is 35.5. The SMILES string of the molecule is COc1cccc(-c2nnc(NS(=O)(=O)[C@@H](C)[C@H](C)c3ncc(Cl)cn3)n2[C@H](C(C=O)=C(C)N)C2CC2)n1. The molecule has 12 nitrogen and oxygen atoms in total. The zero-order chi connectivity index (χ0) is 27.6. The zero-order valence-electron chi connectivity index (χ0n) is 21.4. The van der Waals surface area contributed by atoms with Gasteiger partial charge in [0.1, 0.15) is 17.8 Å². The van der Waals surface area contributed by atoms with Crippen LogP contribution in [0.25, 0.3) is 11.5 Å². The van der Waals surface area contributed by atoms with Crippen LogP contribution in [0.2, 0.25) is 5.02 Å². The Morgan fingerprint density at radius 3 is 2.50 bits per heavy atom. The standard InChI is InChI=1S/C24H29ClN8O4S/c1-13(22-27-10-17(25)11-28-22)15(3)38(35,36)32-24-31-30-23(19-6-5-7-20(29-19)37-4)33(24)21(16-8-9-16)18(12-34)14(2)26/h5-7,10-13,15-16,21H,8-9,26H2,1-4H3,(H,31,32)/t13-,15-,21-/m0/s1. The molecule has 0 saturated heterocycles. The van der Waals surface area contributed by atoms with Gasteiger partial charge in [-0.25, -0.2) is 23.4 Å². The molecule has 0 aromatic carbocycles. The first-order chi connectivity index (χ1) is 18.1. The van der Waals surface area contributed by atoms with Crippen molar-refractivity contribution in [3.63, 3.8) is 0 Å². The van der Waals surface area contributed by atoms with Gasteiger partial charge < -0.3 is 10.5 Å². The number of carbonyl (C=O) groups is 1. The van der Waals surface area contributed by atoms with E-state index < -0.39 is 27.2 Å². The molecule has 1 saturated carbocycles. The van der Waals surface area contributed by atoms with Crippen LogP contribution in [-0.2, 0) is 14.8 Å². The number of nitrogens with two attached hydrogens (primary N) is 1. The monoisotopic (exact) mass is 560 g/mol. The van der Waals surface area contributed by atoms with Crippen LogP contribution in [0.4, 0.5) is 5.95 Å². The Morgan fingerprint density at radius 1 is 1.24 bits per heavy atom. The summed E-state index contributed by atoms with van der Waals surface area (Å²) in [6.45, 7) is 4.89. The van der Waals surface area contributed by atoms with E-state index in [0.29, 0.717) is 40.0 Å². The van der Waals surface area contributed by atoms with Crippen LogP contribution in [0.15, 0.2) is 41.9 Å². The summed E-state index contributed by atoms with van der Waals surface area (Å²) in [4.78, 5) is 24.9. The first-order valence-electron chi connectivity index (χ1n) is 11.9. The number of aromatic nitrogens is 6. The Kier molecular flexibility index (Phi) is 7.97. The minimum absolute atomic E-state index is 0.0381. The number of anilines is 1. The van der Waals surface area contributed by atoms with E-state index in [9.17, 15) is 13.2 Å². The van der Waals surface area contributed by atoms with Gasteiger partial charge in [-0.15, -0.1) is 10.2 Å². The van der Waals surface area contributed by atoms with Crippen LogP contribution in [0.5, 0.6) is 5.88 Å².